The predicted octanol–water partition coefficient (Wildman–Crippen LogP) is 2.56. The zero-order valence-electron chi connectivity index (χ0n) is 19.2. The highest BCUT2D eigenvalue weighted by molar-refractivity contribution is 7.90. The molecule has 2 aliphatic rings. The largest absolute Gasteiger partial charge is 0.477 e. The Morgan fingerprint density at radius 2 is 1.85 bits per heavy atom. The van der Waals surface area contributed by atoms with Gasteiger partial charge in [0.25, 0.3) is 5.91 Å². The number of halogens is 1. The van der Waals surface area contributed by atoms with Crippen LogP contribution in [0.1, 0.15) is 45.9 Å². The number of nitrogens with zero attached hydrogens (tertiary/aromatic N) is 4. The smallest absolute Gasteiger partial charge is 0.324 e. The van der Waals surface area contributed by atoms with E-state index in [4.69, 9.17) is 9.26 Å². The van der Waals surface area contributed by atoms with E-state index in [9.17, 15) is 17.6 Å². The lowest BCUT2D eigenvalue weighted by Crippen LogP contribution is -2.47. The van der Waals surface area contributed by atoms with Crippen molar-refractivity contribution < 1.29 is 26.9 Å². The van der Waals surface area contributed by atoms with Gasteiger partial charge in [-0.2, -0.15) is 4.98 Å². The number of hydrogen-bond acceptors (Lipinski definition) is 8. The van der Waals surface area contributed by atoms with Crippen LogP contribution < -0.4 is 9.64 Å². The summed E-state index contributed by atoms with van der Waals surface area (Å²) in [4.78, 5) is 21.2. The minimum atomic E-state index is -3.52. The molecule has 1 aromatic heterocycles. The van der Waals surface area contributed by atoms with Crippen molar-refractivity contribution in [3.8, 4) is 5.75 Å². The lowest BCUT2D eigenvalue weighted by molar-refractivity contribution is -0.135. The summed E-state index contributed by atoms with van der Waals surface area (Å²) in [5.41, 5.74) is -0.193. The van der Waals surface area contributed by atoms with Gasteiger partial charge in [-0.3, -0.25) is 4.79 Å². The van der Waals surface area contributed by atoms with Gasteiger partial charge in [-0.1, -0.05) is 25.9 Å². The second kappa shape index (κ2) is 8.58. The van der Waals surface area contributed by atoms with E-state index >= 15 is 0 Å². The van der Waals surface area contributed by atoms with Crippen molar-refractivity contribution in [2.75, 3.05) is 30.8 Å². The topological polar surface area (TPSA) is 106 Å². The summed E-state index contributed by atoms with van der Waals surface area (Å²) in [5, 5.41) is 4.07. The molecular formula is C22H29FN4O5S. The van der Waals surface area contributed by atoms with E-state index in [1.807, 2.05) is 25.7 Å². The van der Waals surface area contributed by atoms with E-state index in [1.165, 1.54) is 12.1 Å². The molecule has 0 N–H and O–H groups in total. The Labute approximate surface area is 192 Å². The standard InChI is InChI=1S/C22H29FN4O5S/c1-22(2,3)20-24-21(32-25-20)26-10-7-14(8-11-26)27-12-9-18(19(27)28)31-17-6-5-15(13-16(17)23)33(4,29)30/h5-6,13-14,18H,7-12H2,1-4H3. The molecule has 0 saturated carbocycles. The molecule has 4 rings (SSSR count). The van der Waals surface area contributed by atoms with E-state index in [0.29, 0.717) is 37.9 Å². The second-order valence-electron chi connectivity index (χ2n) is 9.66. The number of piperidine rings is 1. The zero-order valence-corrected chi connectivity index (χ0v) is 20.1. The molecule has 2 aliphatic heterocycles. The number of sulfone groups is 1. The maximum absolute atomic E-state index is 14.4. The zero-order chi connectivity index (χ0) is 24.0. The quantitative estimate of drug-likeness (QED) is 0.643. The number of ether oxygens (including phenoxy) is 1. The highest BCUT2D eigenvalue weighted by Crippen LogP contribution is 2.29. The minimum absolute atomic E-state index is 0.0600. The predicted molar refractivity (Wildman–Crippen MR) is 118 cm³/mol. The van der Waals surface area contributed by atoms with Crippen LogP contribution in [0.4, 0.5) is 10.4 Å². The van der Waals surface area contributed by atoms with Crippen molar-refractivity contribution in [2.45, 2.75) is 62.5 Å². The SMILES string of the molecule is CC(C)(C)c1noc(N2CCC(N3CCC(Oc4ccc(S(C)(=O)=O)cc4F)C3=O)CC2)n1. The normalized spacial score (nSPS) is 20.5. The fourth-order valence-corrected chi connectivity index (χ4v) is 4.76. The van der Waals surface area contributed by atoms with Crippen molar-refractivity contribution in [2.24, 2.45) is 0 Å². The Morgan fingerprint density at radius 1 is 1.15 bits per heavy atom. The molecule has 11 heteroatoms. The van der Waals surface area contributed by atoms with Crippen molar-refractivity contribution in [3.63, 3.8) is 0 Å². The monoisotopic (exact) mass is 480 g/mol. The van der Waals surface area contributed by atoms with Crippen LogP contribution in [-0.4, -0.2) is 67.4 Å². The number of hydrogen-bond donors (Lipinski definition) is 0. The number of rotatable bonds is 5. The van der Waals surface area contributed by atoms with E-state index in [2.05, 4.69) is 10.1 Å². The van der Waals surface area contributed by atoms with Crippen LogP contribution in [0.25, 0.3) is 0 Å². The van der Waals surface area contributed by atoms with E-state index < -0.39 is 21.8 Å². The fourth-order valence-electron chi connectivity index (χ4n) is 4.13. The number of benzene rings is 1. The van der Waals surface area contributed by atoms with Crippen LogP contribution in [0.2, 0.25) is 0 Å². The highest BCUT2D eigenvalue weighted by Gasteiger charge is 2.39. The first-order valence-corrected chi connectivity index (χ1v) is 12.9. The molecule has 9 nitrogen and oxygen atoms in total. The Morgan fingerprint density at radius 3 is 2.42 bits per heavy atom. The number of aromatic nitrogens is 2. The number of likely N-dealkylation sites (tertiary alicyclic amines) is 1. The van der Waals surface area contributed by atoms with Crippen LogP contribution >= 0.6 is 0 Å². The van der Waals surface area contributed by atoms with Crippen molar-refractivity contribution in [3.05, 3.63) is 29.8 Å². The molecule has 2 fully saturated rings. The maximum Gasteiger partial charge on any atom is 0.324 e. The molecule has 0 radical (unpaired) electrons. The van der Waals surface area contributed by atoms with Gasteiger partial charge in [-0.05, 0) is 31.0 Å². The molecule has 0 bridgehead atoms. The van der Waals surface area contributed by atoms with Crippen LogP contribution in [0.3, 0.4) is 0 Å². The molecular weight excluding hydrogens is 451 g/mol. The van der Waals surface area contributed by atoms with Gasteiger partial charge in [0, 0.05) is 43.8 Å². The lowest BCUT2D eigenvalue weighted by atomic mass is 9.96. The molecule has 1 amide bonds. The Hall–Kier alpha value is -2.69. The van der Waals surface area contributed by atoms with Gasteiger partial charge < -0.3 is 19.1 Å². The first-order valence-electron chi connectivity index (χ1n) is 11.0. The molecule has 2 aromatic rings. The molecule has 180 valence electrons. The van der Waals surface area contributed by atoms with Crippen molar-refractivity contribution in [1.29, 1.82) is 0 Å². The van der Waals surface area contributed by atoms with Crippen LogP contribution in [0, 0.1) is 5.82 Å². The molecule has 1 unspecified atom stereocenters. The summed E-state index contributed by atoms with van der Waals surface area (Å²) in [6.07, 6.45) is 2.18. The van der Waals surface area contributed by atoms with Gasteiger partial charge >= 0.3 is 6.01 Å². The number of carbonyl (C=O) groups excluding carboxylic acids is 1. The summed E-state index contributed by atoms with van der Waals surface area (Å²) in [6.45, 7) is 7.98. The van der Waals surface area contributed by atoms with Crippen LogP contribution in [0.5, 0.6) is 5.75 Å². The molecule has 1 aromatic carbocycles. The summed E-state index contributed by atoms with van der Waals surface area (Å²) in [5.74, 6) is -0.436. The van der Waals surface area contributed by atoms with E-state index in [-0.39, 0.29) is 28.0 Å². The molecule has 0 spiro atoms. The summed E-state index contributed by atoms with van der Waals surface area (Å²) >= 11 is 0. The minimum Gasteiger partial charge on any atom is -0.477 e. The third-order valence-corrected chi connectivity index (χ3v) is 7.16. The molecule has 33 heavy (non-hydrogen) atoms. The van der Waals surface area contributed by atoms with Gasteiger partial charge in [0.1, 0.15) is 0 Å². The second-order valence-corrected chi connectivity index (χ2v) is 11.7. The molecule has 3 heterocycles. The number of amides is 1. The average molecular weight is 481 g/mol. The van der Waals surface area contributed by atoms with E-state index in [0.717, 1.165) is 25.2 Å². The highest BCUT2D eigenvalue weighted by atomic mass is 32.2. The first-order chi connectivity index (χ1) is 15.4. The Balaban J connectivity index is 1.35. The summed E-state index contributed by atoms with van der Waals surface area (Å²) < 4.78 is 48.6. The lowest BCUT2D eigenvalue weighted by Gasteiger charge is -2.35. The van der Waals surface area contributed by atoms with Crippen molar-refractivity contribution >= 4 is 21.8 Å². The number of anilines is 1. The maximum atomic E-state index is 14.4. The third kappa shape index (κ3) is 4.97. The Kier molecular flexibility index (Phi) is 6.10. The van der Waals surface area contributed by atoms with Gasteiger partial charge in [0.05, 0.1) is 4.90 Å². The molecule has 1 atom stereocenters. The molecule has 0 aliphatic carbocycles. The summed E-state index contributed by atoms with van der Waals surface area (Å²) in [7, 11) is -3.52. The Bertz CT molecular complexity index is 1140. The fraction of sp³-hybridized carbons (Fsp3) is 0.591. The average Bonchev–Trinajstić information content (AvgIpc) is 3.37. The van der Waals surface area contributed by atoms with Crippen LogP contribution in [-0.2, 0) is 20.0 Å². The van der Waals surface area contributed by atoms with Gasteiger partial charge in [-0.15, -0.1) is 0 Å². The van der Waals surface area contributed by atoms with E-state index in [1.54, 1.807) is 4.90 Å². The van der Waals surface area contributed by atoms with Crippen LogP contribution in [0.15, 0.2) is 27.6 Å². The first kappa shape index (κ1) is 23.5. The van der Waals surface area contributed by atoms with Gasteiger partial charge in [0.2, 0.25) is 0 Å². The summed E-state index contributed by atoms with van der Waals surface area (Å²) in [6, 6.07) is 4.02. The third-order valence-electron chi connectivity index (χ3n) is 6.05. The number of carbonyl (C=O) groups is 1. The molecule has 2 saturated heterocycles. The van der Waals surface area contributed by atoms with Crippen molar-refractivity contribution in [1.82, 2.24) is 15.0 Å². The van der Waals surface area contributed by atoms with Gasteiger partial charge in [0.15, 0.2) is 33.3 Å². The van der Waals surface area contributed by atoms with Gasteiger partial charge in [-0.25, -0.2) is 12.8 Å².